The van der Waals surface area contributed by atoms with Crippen LogP contribution in [0.3, 0.4) is 0 Å². The molecular weight excluding hydrogens is 110 g/mol. The lowest BCUT2D eigenvalue weighted by atomic mass is 10.4. The Kier molecular flexibility index (Phi) is 1.37. The molecule has 1 radical (unpaired) electrons. The van der Waals surface area contributed by atoms with Gasteiger partial charge in [0.05, 0.1) is 0 Å². The van der Waals surface area contributed by atoms with E-state index in [2.05, 4.69) is 11.4 Å². The minimum atomic E-state index is -0.0405. The summed E-state index contributed by atoms with van der Waals surface area (Å²) in [6.07, 6.45) is 8.11. The number of hydrogen-bond donors (Lipinski definition) is 1. The van der Waals surface area contributed by atoms with Gasteiger partial charge in [-0.2, -0.15) is 0 Å². The quantitative estimate of drug-likeness (QED) is 0.366. The van der Waals surface area contributed by atoms with Gasteiger partial charge in [-0.15, -0.1) is 0 Å². The van der Waals surface area contributed by atoms with Crippen LogP contribution in [0.2, 0.25) is 0 Å². The van der Waals surface area contributed by atoms with E-state index >= 15 is 0 Å². The molecule has 0 aromatic heterocycles. The Balaban J connectivity index is 2.49. The molecule has 0 aromatic rings. The summed E-state index contributed by atoms with van der Waals surface area (Å²) in [5.74, 6) is 0. The van der Waals surface area contributed by atoms with Gasteiger partial charge in [0.2, 0.25) is 0 Å². The predicted octanol–water partition coefficient (Wildman–Crippen LogP) is 1.03. The van der Waals surface area contributed by atoms with Gasteiger partial charge >= 0.3 is 0 Å². The second-order valence-electron chi connectivity index (χ2n) is 1.24. The fraction of sp³-hybridized carbons (Fsp3) is 0.200. The van der Waals surface area contributed by atoms with Crippen molar-refractivity contribution in [1.29, 1.82) is 0 Å². The minimum Gasteiger partial charge on any atom is -0.372 e. The smallest absolute Gasteiger partial charge is 0.120 e. The molecule has 1 atom stereocenters. The Morgan fingerprint density at radius 2 is 2.57 bits per heavy atom. The average Bonchev–Trinajstić information content (AvgIpc) is 1.69. The number of dihydropyridines is 1. The van der Waals surface area contributed by atoms with Crippen molar-refractivity contribution in [2.75, 3.05) is 0 Å². The van der Waals surface area contributed by atoms with Gasteiger partial charge in [-0.3, -0.25) is 0 Å². The summed E-state index contributed by atoms with van der Waals surface area (Å²) < 4.78 is 0. The Morgan fingerprint density at radius 1 is 1.71 bits per heavy atom. The zero-order valence-electron chi connectivity index (χ0n) is 3.69. The van der Waals surface area contributed by atoms with Crippen LogP contribution in [0.25, 0.3) is 0 Å². The summed E-state index contributed by atoms with van der Waals surface area (Å²) in [5.41, 5.74) is -0.0405. The summed E-state index contributed by atoms with van der Waals surface area (Å²) >= 11 is 5.55. The fourth-order valence-corrected chi connectivity index (χ4v) is 0.507. The summed E-state index contributed by atoms with van der Waals surface area (Å²) in [5, 5.41) is 2.82. The van der Waals surface area contributed by atoms with Crippen LogP contribution in [0.15, 0.2) is 18.4 Å². The molecule has 1 nitrogen and oxygen atoms in total. The van der Waals surface area contributed by atoms with E-state index in [1.165, 1.54) is 0 Å². The van der Waals surface area contributed by atoms with E-state index in [9.17, 15) is 0 Å². The highest BCUT2D eigenvalue weighted by Crippen LogP contribution is 1.96. The van der Waals surface area contributed by atoms with Gasteiger partial charge in [0, 0.05) is 6.20 Å². The largest absolute Gasteiger partial charge is 0.372 e. The normalized spacial score (nSPS) is 27.3. The maximum absolute atomic E-state index is 5.55. The first-order chi connectivity index (χ1) is 3.39. The maximum atomic E-state index is 5.55. The molecule has 0 amide bonds. The number of hydrogen-bond acceptors (Lipinski definition) is 1. The molecule has 0 aromatic carbocycles. The van der Waals surface area contributed by atoms with Crippen LogP contribution in [0, 0.1) is 6.08 Å². The van der Waals surface area contributed by atoms with Crippen molar-refractivity contribution in [3.05, 3.63) is 24.4 Å². The minimum absolute atomic E-state index is 0.0405. The number of allylic oxidation sites excluding steroid dienone is 2. The molecule has 0 saturated carbocycles. The SMILES string of the molecule is ClC1C=C[C]=CN1. The Labute approximate surface area is 47.7 Å². The first kappa shape index (κ1) is 4.72. The summed E-state index contributed by atoms with van der Waals surface area (Å²) in [4.78, 5) is 0. The highest BCUT2D eigenvalue weighted by Gasteiger charge is 1.93. The summed E-state index contributed by atoms with van der Waals surface area (Å²) in [6.45, 7) is 0. The fourth-order valence-electron chi connectivity index (χ4n) is 0.371. The first-order valence-corrected chi connectivity index (χ1v) is 2.48. The van der Waals surface area contributed by atoms with E-state index in [1.807, 2.05) is 6.08 Å². The number of alkyl halides is 1. The number of rotatable bonds is 0. The zero-order valence-corrected chi connectivity index (χ0v) is 4.44. The Bertz CT molecular complexity index is 107. The van der Waals surface area contributed by atoms with Crippen LogP contribution < -0.4 is 5.32 Å². The van der Waals surface area contributed by atoms with Gasteiger partial charge in [-0.05, 0) is 12.2 Å². The number of nitrogens with one attached hydrogen (secondary N) is 1. The van der Waals surface area contributed by atoms with E-state index in [0.717, 1.165) is 0 Å². The van der Waals surface area contributed by atoms with E-state index in [-0.39, 0.29) is 5.50 Å². The summed E-state index contributed by atoms with van der Waals surface area (Å²) in [6, 6.07) is 0. The van der Waals surface area contributed by atoms with Crippen molar-refractivity contribution in [2.24, 2.45) is 0 Å². The average molecular weight is 115 g/mol. The lowest BCUT2D eigenvalue weighted by molar-refractivity contribution is 0.897. The van der Waals surface area contributed by atoms with Crippen LogP contribution in [0.5, 0.6) is 0 Å². The van der Waals surface area contributed by atoms with E-state index in [1.54, 1.807) is 12.3 Å². The first-order valence-electron chi connectivity index (χ1n) is 2.04. The molecule has 1 heterocycles. The molecule has 1 aliphatic rings. The molecule has 1 rings (SSSR count). The molecule has 1 aliphatic heterocycles. The second kappa shape index (κ2) is 2.03. The van der Waals surface area contributed by atoms with Crippen LogP contribution in [0.4, 0.5) is 0 Å². The van der Waals surface area contributed by atoms with Crippen molar-refractivity contribution in [1.82, 2.24) is 5.32 Å². The highest BCUT2D eigenvalue weighted by molar-refractivity contribution is 6.21. The van der Waals surface area contributed by atoms with Gasteiger partial charge in [0.15, 0.2) is 0 Å². The predicted molar refractivity (Wildman–Crippen MR) is 29.7 cm³/mol. The lowest BCUT2D eigenvalue weighted by Gasteiger charge is -2.04. The molecular formula is C5H5ClN. The maximum Gasteiger partial charge on any atom is 0.120 e. The molecule has 2 heteroatoms. The van der Waals surface area contributed by atoms with Crippen molar-refractivity contribution < 1.29 is 0 Å². The van der Waals surface area contributed by atoms with Gasteiger partial charge in [-0.1, -0.05) is 17.7 Å². The van der Waals surface area contributed by atoms with Crippen molar-refractivity contribution in [3.63, 3.8) is 0 Å². The molecule has 0 fully saturated rings. The van der Waals surface area contributed by atoms with Gasteiger partial charge < -0.3 is 5.32 Å². The monoisotopic (exact) mass is 114 g/mol. The standard InChI is InChI=1S/C5H5ClN/c6-5-3-1-2-4-7-5/h1,3-5,7H. The molecule has 0 spiro atoms. The van der Waals surface area contributed by atoms with Crippen molar-refractivity contribution in [3.8, 4) is 0 Å². The third-order valence-electron chi connectivity index (χ3n) is 0.687. The van der Waals surface area contributed by atoms with Crippen LogP contribution >= 0.6 is 11.6 Å². The Morgan fingerprint density at radius 3 is 2.86 bits per heavy atom. The third kappa shape index (κ3) is 1.24. The Hall–Kier alpha value is -0.430. The molecule has 0 saturated heterocycles. The van der Waals surface area contributed by atoms with E-state index in [4.69, 9.17) is 11.6 Å². The molecule has 0 bridgehead atoms. The number of halogens is 1. The highest BCUT2D eigenvalue weighted by atomic mass is 35.5. The van der Waals surface area contributed by atoms with Crippen LogP contribution in [0.1, 0.15) is 0 Å². The molecule has 37 valence electrons. The molecule has 1 N–H and O–H groups in total. The van der Waals surface area contributed by atoms with Crippen LogP contribution in [-0.2, 0) is 0 Å². The molecule has 7 heavy (non-hydrogen) atoms. The van der Waals surface area contributed by atoms with Crippen molar-refractivity contribution in [2.45, 2.75) is 5.50 Å². The van der Waals surface area contributed by atoms with E-state index < -0.39 is 0 Å². The van der Waals surface area contributed by atoms with Crippen molar-refractivity contribution >= 4 is 11.6 Å². The van der Waals surface area contributed by atoms with E-state index in [0.29, 0.717) is 0 Å². The summed E-state index contributed by atoms with van der Waals surface area (Å²) in [7, 11) is 0. The molecule has 0 aliphatic carbocycles. The van der Waals surface area contributed by atoms with Crippen LogP contribution in [-0.4, -0.2) is 5.50 Å². The van der Waals surface area contributed by atoms with Gasteiger partial charge in [-0.25, -0.2) is 0 Å². The van der Waals surface area contributed by atoms with Gasteiger partial charge in [0.25, 0.3) is 0 Å². The lowest BCUT2D eigenvalue weighted by Crippen LogP contribution is -2.16. The topological polar surface area (TPSA) is 12.0 Å². The van der Waals surface area contributed by atoms with Gasteiger partial charge in [0.1, 0.15) is 5.50 Å². The molecule has 1 unspecified atom stereocenters. The zero-order chi connectivity index (χ0) is 5.11. The second-order valence-corrected chi connectivity index (χ2v) is 1.71. The third-order valence-corrected chi connectivity index (χ3v) is 0.959.